The van der Waals surface area contributed by atoms with E-state index in [1.807, 2.05) is 0 Å². The van der Waals surface area contributed by atoms with Gasteiger partial charge < -0.3 is 36.8 Å². The normalized spacial score (nSPS) is 12.3. The van der Waals surface area contributed by atoms with Gasteiger partial charge in [-0.25, -0.2) is 4.98 Å². The van der Waals surface area contributed by atoms with Crippen molar-refractivity contribution in [1.82, 2.24) is 20.1 Å². The van der Waals surface area contributed by atoms with E-state index in [-0.39, 0.29) is 10.9 Å². The number of methoxy groups -OCH3 is 1. The van der Waals surface area contributed by atoms with E-state index in [0.717, 1.165) is 6.08 Å². The average molecular weight is 470 g/mol. The Kier molecular flexibility index (Phi) is 9.94. The number of anilines is 1. The average Bonchev–Trinajstić information content (AvgIpc) is 3.11. The number of nitrogens with zero attached hydrogens (tertiary/aromatic N) is 3. The van der Waals surface area contributed by atoms with Crippen LogP contribution < -0.4 is 26.8 Å². The van der Waals surface area contributed by atoms with Crippen LogP contribution in [0.4, 0.5) is 5.69 Å². The fourth-order valence-electron chi connectivity index (χ4n) is 2.30. The Balaban J connectivity index is 0.00000161. The molecule has 0 unspecified atom stereocenters. The van der Waals surface area contributed by atoms with Crippen LogP contribution in [0.1, 0.15) is 20.3 Å². The molecule has 12 nitrogen and oxygen atoms in total. The van der Waals surface area contributed by atoms with Gasteiger partial charge in [0.1, 0.15) is 17.2 Å². The summed E-state index contributed by atoms with van der Waals surface area (Å²) in [6.45, 7) is 4.25. The molecule has 0 fully saturated rings. The fraction of sp³-hybridized carbons (Fsp3) is 0.316. The molecule has 0 aliphatic heterocycles. The molecule has 0 atom stereocenters. The number of hydrogen-bond acceptors (Lipinski definition) is 10. The molecule has 1 amide bonds. The van der Waals surface area contributed by atoms with Gasteiger partial charge in [0.2, 0.25) is 0 Å². The van der Waals surface area contributed by atoms with E-state index in [0.29, 0.717) is 22.8 Å². The van der Waals surface area contributed by atoms with E-state index in [1.165, 1.54) is 29.9 Å². The molecule has 13 heteroatoms. The lowest BCUT2D eigenvalue weighted by Crippen LogP contribution is -2.49. The summed E-state index contributed by atoms with van der Waals surface area (Å²) in [4.78, 5) is 16.2. The molecule has 0 radical (unpaired) electrons. The van der Waals surface area contributed by atoms with Crippen molar-refractivity contribution >= 4 is 23.2 Å². The highest BCUT2D eigenvalue weighted by Gasteiger charge is 2.24. The van der Waals surface area contributed by atoms with Crippen LogP contribution >= 0.6 is 11.6 Å². The highest BCUT2D eigenvalue weighted by atomic mass is 35.5. The van der Waals surface area contributed by atoms with Crippen LogP contribution in [0.3, 0.4) is 0 Å². The third-order valence-electron chi connectivity index (χ3n) is 3.43. The van der Waals surface area contributed by atoms with Crippen LogP contribution in [0.25, 0.3) is 11.4 Å². The maximum Gasteiger partial charge on any atom is 0.369 e. The predicted molar refractivity (Wildman–Crippen MR) is 119 cm³/mol. The first-order valence-electron chi connectivity index (χ1n) is 9.35. The van der Waals surface area contributed by atoms with Crippen molar-refractivity contribution in [3.05, 3.63) is 47.2 Å². The van der Waals surface area contributed by atoms with Crippen LogP contribution in [-0.2, 0) is 11.8 Å². The van der Waals surface area contributed by atoms with Gasteiger partial charge in [0.05, 0.1) is 24.1 Å². The molecule has 176 valence electrons. The number of aromatic nitrogens is 3. The van der Waals surface area contributed by atoms with Crippen molar-refractivity contribution < 1.29 is 24.9 Å². The van der Waals surface area contributed by atoms with Crippen molar-refractivity contribution in [3.8, 4) is 17.1 Å². The third-order valence-corrected chi connectivity index (χ3v) is 3.54. The molecule has 0 spiro atoms. The largest absolute Gasteiger partial charge is 0.494 e. The third kappa shape index (κ3) is 8.07. The minimum absolute atomic E-state index is 0.108. The topological polar surface area (TPSA) is 194 Å². The second-order valence-corrected chi connectivity index (χ2v) is 6.84. The number of aliphatic hydroxyl groups is 3. The van der Waals surface area contributed by atoms with Crippen LogP contribution in [0.5, 0.6) is 5.75 Å². The molecular weight excluding hydrogens is 442 g/mol. The number of ether oxygens (including phenoxy) is 1. The number of hydrogen-bond donors (Lipinski definition) is 7. The Morgan fingerprint density at radius 2 is 1.94 bits per heavy atom. The first-order valence-corrected chi connectivity index (χ1v) is 9.73. The number of para-hydroxylation sites is 1. The molecule has 2 aromatic rings. The Labute approximate surface area is 190 Å². The van der Waals surface area contributed by atoms with Crippen molar-refractivity contribution in [1.29, 1.82) is 0 Å². The molecule has 1 aromatic heterocycles. The van der Waals surface area contributed by atoms with Gasteiger partial charge in [-0.2, -0.15) is 5.10 Å². The lowest BCUT2D eigenvalue weighted by Gasteiger charge is -2.18. The second-order valence-electron chi connectivity index (χ2n) is 6.41. The minimum Gasteiger partial charge on any atom is -0.494 e. The zero-order chi connectivity index (χ0) is 24.5. The number of halogens is 1. The SMILES string of the molecule is CCC.COc1c(NC(/C=C(\N)Cl)=C(/N)C(=O)NC(O)(O)O)cccc1-c1ncn(C)n1. The Hall–Kier alpha value is -3.32. The van der Waals surface area contributed by atoms with Gasteiger partial charge in [-0.3, -0.25) is 14.8 Å². The van der Waals surface area contributed by atoms with Crippen LogP contribution in [0, 0.1) is 0 Å². The zero-order valence-corrected chi connectivity index (χ0v) is 18.9. The molecular formula is C19H28ClN7O5. The quantitative estimate of drug-likeness (QED) is 0.128. The molecule has 32 heavy (non-hydrogen) atoms. The number of nitrogens with one attached hydrogen (secondary N) is 2. The van der Waals surface area contributed by atoms with Gasteiger partial charge in [-0.05, 0) is 18.2 Å². The van der Waals surface area contributed by atoms with Crippen LogP contribution in [0.2, 0.25) is 0 Å². The first-order chi connectivity index (χ1) is 14.9. The van der Waals surface area contributed by atoms with E-state index in [1.54, 1.807) is 25.2 Å². The van der Waals surface area contributed by atoms with E-state index in [2.05, 4.69) is 29.2 Å². The Morgan fingerprint density at radius 1 is 1.31 bits per heavy atom. The van der Waals surface area contributed by atoms with Crippen molar-refractivity contribution in [2.45, 2.75) is 26.4 Å². The van der Waals surface area contributed by atoms with Gasteiger partial charge in [0.25, 0.3) is 5.91 Å². The van der Waals surface area contributed by atoms with Crippen molar-refractivity contribution in [2.75, 3.05) is 12.4 Å². The number of carbonyl (C=O) groups excluding carboxylic acids is 1. The standard InChI is InChI=1S/C16H20ClN7O5.C3H8/c1-24-7-20-14(23-24)8-4-3-5-9(13(8)29-2)21-10(6-11(17)18)12(19)15(25)22-16(26,27)28;1-3-2/h3-7,21,26-28H,18-19H2,1-2H3,(H,22,25);3H2,1-2H3/b11-6-,12-10+;. The molecule has 0 bridgehead atoms. The molecule has 1 heterocycles. The van der Waals surface area contributed by atoms with Gasteiger partial charge in [-0.1, -0.05) is 37.9 Å². The predicted octanol–water partition coefficient (Wildman–Crippen LogP) is 0.233. The molecule has 0 aliphatic carbocycles. The van der Waals surface area contributed by atoms with E-state index in [9.17, 15) is 4.79 Å². The first kappa shape index (κ1) is 26.7. The van der Waals surface area contributed by atoms with Gasteiger partial charge in [-0.15, -0.1) is 0 Å². The maximum absolute atomic E-state index is 12.0. The Morgan fingerprint density at radius 3 is 2.41 bits per heavy atom. The highest BCUT2D eigenvalue weighted by Crippen LogP contribution is 2.35. The smallest absolute Gasteiger partial charge is 0.369 e. The summed E-state index contributed by atoms with van der Waals surface area (Å²) in [5, 5.41) is 35.0. The van der Waals surface area contributed by atoms with Gasteiger partial charge >= 0.3 is 6.10 Å². The number of nitrogens with two attached hydrogens (primary N) is 2. The lowest BCUT2D eigenvalue weighted by molar-refractivity contribution is -0.325. The van der Waals surface area contributed by atoms with Gasteiger partial charge in [0.15, 0.2) is 11.6 Å². The fourth-order valence-corrected chi connectivity index (χ4v) is 2.41. The van der Waals surface area contributed by atoms with E-state index in [4.69, 9.17) is 43.1 Å². The summed E-state index contributed by atoms with van der Waals surface area (Å²) in [5.41, 5.74) is 11.5. The minimum atomic E-state index is -3.47. The second kappa shape index (κ2) is 11.9. The van der Waals surface area contributed by atoms with Crippen LogP contribution in [0.15, 0.2) is 47.2 Å². The number of rotatable bonds is 7. The summed E-state index contributed by atoms with van der Waals surface area (Å²) in [7, 11) is 3.14. The van der Waals surface area contributed by atoms with Crippen molar-refractivity contribution in [2.24, 2.45) is 18.5 Å². The van der Waals surface area contributed by atoms with E-state index < -0.39 is 17.7 Å². The van der Waals surface area contributed by atoms with Crippen molar-refractivity contribution in [3.63, 3.8) is 0 Å². The molecule has 1 aromatic carbocycles. The number of aryl methyl sites for hydroxylation is 1. The molecule has 0 saturated heterocycles. The maximum atomic E-state index is 12.0. The summed E-state index contributed by atoms with van der Waals surface area (Å²) >= 11 is 5.70. The molecule has 9 N–H and O–H groups in total. The summed E-state index contributed by atoms with van der Waals surface area (Å²) in [6.07, 6.45) is 0.422. The molecule has 0 saturated carbocycles. The van der Waals surface area contributed by atoms with E-state index >= 15 is 0 Å². The lowest BCUT2D eigenvalue weighted by atomic mass is 10.1. The summed E-state index contributed by atoms with van der Waals surface area (Å²) in [6, 6.07) is 5.02. The van der Waals surface area contributed by atoms with Crippen LogP contribution in [-0.4, -0.2) is 49.2 Å². The number of benzene rings is 1. The highest BCUT2D eigenvalue weighted by molar-refractivity contribution is 6.29. The number of allylic oxidation sites excluding steroid dienone is 1. The Bertz CT molecular complexity index is 979. The monoisotopic (exact) mass is 469 g/mol. The zero-order valence-electron chi connectivity index (χ0n) is 18.1. The van der Waals surface area contributed by atoms with Gasteiger partial charge in [0, 0.05) is 7.05 Å². The number of carbonyl (C=O) groups is 1. The number of amides is 1. The summed E-state index contributed by atoms with van der Waals surface area (Å²) < 4.78 is 6.96. The molecule has 2 rings (SSSR count). The summed E-state index contributed by atoms with van der Waals surface area (Å²) in [5.74, 6) is -0.496. The molecule has 0 aliphatic rings.